The lowest BCUT2D eigenvalue weighted by Gasteiger charge is -2.33. The molecule has 0 aliphatic carbocycles. The fraction of sp³-hybridized carbons (Fsp3) is 0.588. The monoisotopic (exact) mass is 305 g/mol. The number of rotatable bonds is 6. The summed E-state index contributed by atoms with van der Waals surface area (Å²) in [7, 11) is 4.10. The van der Waals surface area contributed by atoms with Gasteiger partial charge in [0.25, 0.3) is 0 Å². The van der Waals surface area contributed by atoms with E-state index in [1.165, 1.54) is 5.69 Å². The third-order valence-corrected chi connectivity index (χ3v) is 4.33. The zero-order valence-corrected chi connectivity index (χ0v) is 13.9. The van der Waals surface area contributed by atoms with Crippen LogP contribution in [0, 0.1) is 0 Å². The molecule has 5 heteroatoms. The number of morpholine rings is 1. The molecule has 1 fully saturated rings. The summed E-state index contributed by atoms with van der Waals surface area (Å²) >= 11 is 0. The summed E-state index contributed by atoms with van der Waals surface area (Å²) in [4.78, 5) is 18.7. The molecule has 22 heavy (non-hydrogen) atoms. The molecule has 1 aliphatic heterocycles. The van der Waals surface area contributed by atoms with Gasteiger partial charge in [0.05, 0.1) is 19.3 Å². The Morgan fingerprint density at radius 2 is 1.82 bits per heavy atom. The molecule has 1 amide bonds. The summed E-state index contributed by atoms with van der Waals surface area (Å²) in [5, 5.41) is 0. The zero-order valence-electron chi connectivity index (χ0n) is 13.9. The molecule has 1 aliphatic rings. The number of amides is 1. The van der Waals surface area contributed by atoms with E-state index in [9.17, 15) is 4.79 Å². The average molecular weight is 305 g/mol. The molecule has 2 rings (SSSR count). The van der Waals surface area contributed by atoms with Crippen molar-refractivity contribution >= 4 is 11.6 Å². The van der Waals surface area contributed by atoms with Crippen molar-refractivity contribution in [2.24, 2.45) is 0 Å². The van der Waals surface area contributed by atoms with Crippen LogP contribution in [-0.2, 0) is 9.53 Å². The van der Waals surface area contributed by atoms with Crippen molar-refractivity contribution in [3.63, 3.8) is 0 Å². The molecule has 5 nitrogen and oxygen atoms in total. The SMILES string of the molecule is C[C@H](C(=O)N1CCOCC1)N(C)CCN(C)c1ccccc1. The number of hydrogen-bond donors (Lipinski definition) is 0. The van der Waals surface area contributed by atoms with Gasteiger partial charge in [0.1, 0.15) is 0 Å². The number of ether oxygens (including phenoxy) is 1. The fourth-order valence-electron chi connectivity index (χ4n) is 2.55. The van der Waals surface area contributed by atoms with Crippen LogP contribution in [0.3, 0.4) is 0 Å². The normalized spacial score (nSPS) is 16.6. The number of carbonyl (C=O) groups excluding carboxylic acids is 1. The van der Waals surface area contributed by atoms with E-state index in [-0.39, 0.29) is 11.9 Å². The predicted molar refractivity (Wildman–Crippen MR) is 89.2 cm³/mol. The molecule has 1 aromatic carbocycles. The zero-order chi connectivity index (χ0) is 15.9. The van der Waals surface area contributed by atoms with Gasteiger partial charge in [-0.1, -0.05) is 18.2 Å². The van der Waals surface area contributed by atoms with Gasteiger partial charge in [-0.25, -0.2) is 0 Å². The molecule has 122 valence electrons. The molecular formula is C17H27N3O2. The Morgan fingerprint density at radius 3 is 2.45 bits per heavy atom. The number of hydrogen-bond acceptors (Lipinski definition) is 4. The van der Waals surface area contributed by atoms with E-state index in [0.29, 0.717) is 26.3 Å². The van der Waals surface area contributed by atoms with Crippen molar-refractivity contribution in [3.8, 4) is 0 Å². The number of para-hydroxylation sites is 1. The molecule has 0 spiro atoms. The minimum atomic E-state index is -0.0951. The second-order valence-corrected chi connectivity index (χ2v) is 5.85. The van der Waals surface area contributed by atoms with E-state index in [2.05, 4.69) is 29.0 Å². The van der Waals surface area contributed by atoms with Crippen LogP contribution in [0.4, 0.5) is 5.69 Å². The van der Waals surface area contributed by atoms with Crippen LogP contribution in [0.1, 0.15) is 6.92 Å². The fourth-order valence-corrected chi connectivity index (χ4v) is 2.55. The highest BCUT2D eigenvalue weighted by Gasteiger charge is 2.25. The van der Waals surface area contributed by atoms with Crippen LogP contribution >= 0.6 is 0 Å². The average Bonchev–Trinajstić information content (AvgIpc) is 2.59. The summed E-state index contributed by atoms with van der Waals surface area (Å²) < 4.78 is 5.30. The topological polar surface area (TPSA) is 36.0 Å². The van der Waals surface area contributed by atoms with E-state index in [0.717, 1.165) is 13.1 Å². The molecule has 0 aromatic heterocycles. The van der Waals surface area contributed by atoms with Crippen LogP contribution in [0.15, 0.2) is 30.3 Å². The van der Waals surface area contributed by atoms with Gasteiger partial charge >= 0.3 is 0 Å². The van der Waals surface area contributed by atoms with Crippen LogP contribution in [0.2, 0.25) is 0 Å². The maximum absolute atomic E-state index is 12.5. The smallest absolute Gasteiger partial charge is 0.239 e. The molecule has 1 saturated heterocycles. The number of benzene rings is 1. The van der Waals surface area contributed by atoms with Crippen molar-refractivity contribution in [3.05, 3.63) is 30.3 Å². The highest BCUT2D eigenvalue weighted by Crippen LogP contribution is 2.11. The first kappa shape index (κ1) is 16.8. The standard InChI is InChI=1S/C17H27N3O2/c1-15(17(21)20-11-13-22-14-12-20)18(2)9-10-19(3)16-7-5-4-6-8-16/h4-8,15H,9-14H2,1-3H3/t15-/m1/s1. The third kappa shape index (κ3) is 4.45. The number of carbonyl (C=O) groups is 1. The Morgan fingerprint density at radius 1 is 1.18 bits per heavy atom. The molecule has 0 radical (unpaired) electrons. The van der Waals surface area contributed by atoms with Crippen LogP contribution in [-0.4, -0.2) is 75.2 Å². The second kappa shape index (κ2) is 8.15. The van der Waals surface area contributed by atoms with Gasteiger partial charge in [-0.15, -0.1) is 0 Å². The van der Waals surface area contributed by atoms with Gasteiger partial charge in [0.15, 0.2) is 0 Å². The van der Waals surface area contributed by atoms with Crippen molar-refractivity contribution in [2.45, 2.75) is 13.0 Å². The number of likely N-dealkylation sites (N-methyl/N-ethyl adjacent to an activating group) is 2. The quantitative estimate of drug-likeness (QED) is 0.794. The Bertz CT molecular complexity index is 460. The highest BCUT2D eigenvalue weighted by molar-refractivity contribution is 5.81. The number of anilines is 1. The maximum atomic E-state index is 12.5. The van der Waals surface area contributed by atoms with Gasteiger partial charge in [0, 0.05) is 38.9 Å². The van der Waals surface area contributed by atoms with E-state index >= 15 is 0 Å². The van der Waals surface area contributed by atoms with Gasteiger partial charge in [-0.3, -0.25) is 9.69 Å². The van der Waals surface area contributed by atoms with Crippen LogP contribution < -0.4 is 4.90 Å². The van der Waals surface area contributed by atoms with Crippen molar-refractivity contribution in [2.75, 3.05) is 58.4 Å². The Hall–Kier alpha value is -1.59. The van der Waals surface area contributed by atoms with E-state index in [1.54, 1.807) is 0 Å². The van der Waals surface area contributed by atoms with Crippen molar-refractivity contribution in [1.82, 2.24) is 9.80 Å². The Labute approximate surface area is 133 Å². The number of nitrogens with zero attached hydrogens (tertiary/aromatic N) is 3. The molecular weight excluding hydrogens is 278 g/mol. The predicted octanol–water partition coefficient (Wildman–Crippen LogP) is 1.30. The van der Waals surface area contributed by atoms with Gasteiger partial charge in [-0.2, -0.15) is 0 Å². The van der Waals surface area contributed by atoms with E-state index < -0.39 is 0 Å². The van der Waals surface area contributed by atoms with Gasteiger partial charge in [0.2, 0.25) is 5.91 Å². The lowest BCUT2D eigenvalue weighted by Crippen LogP contribution is -2.50. The molecule has 0 saturated carbocycles. The maximum Gasteiger partial charge on any atom is 0.239 e. The van der Waals surface area contributed by atoms with Gasteiger partial charge in [-0.05, 0) is 26.1 Å². The van der Waals surface area contributed by atoms with Crippen molar-refractivity contribution < 1.29 is 9.53 Å². The first-order chi connectivity index (χ1) is 10.6. The first-order valence-electron chi connectivity index (χ1n) is 7.92. The summed E-state index contributed by atoms with van der Waals surface area (Å²) in [6.07, 6.45) is 0. The van der Waals surface area contributed by atoms with Crippen LogP contribution in [0.5, 0.6) is 0 Å². The Balaban J connectivity index is 1.80. The minimum Gasteiger partial charge on any atom is -0.378 e. The molecule has 0 N–H and O–H groups in total. The van der Waals surface area contributed by atoms with E-state index in [1.807, 2.05) is 37.1 Å². The van der Waals surface area contributed by atoms with Gasteiger partial charge < -0.3 is 14.5 Å². The largest absolute Gasteiger partial charge is 0.378 e. The summed E-state index contributed by atoms with van der Waals surface area (Å²) in [5.74, 6) is 0.202. The molecule has 1 atom stereocenters. The third-order valence-electron chi connectivity index (χ3n) is 4.33. The first-order valence-corrected chi connectivity index (χ1v) is 7.92. The summed E-state index contributed by atoms with van der Waals surface area (Å²) in [6, 6.07) is 10.2. The van der Waals surface area contributed by atoms with Crippen LogP contribution in [0.25, 0.3) is 0 Å². The molecule has 1 heterocycles. The summed E-state index contributed by atoms with van der Waals surface area (Å²) in [5.41, 5.74) is 1.20. The van der Waals surface area contributed by atoms with Crippen molar-refractivity contribution in [1.29, 1.82) is 0 Å². The second-order valence-electron chi connectivity index (χ2n) is 5.85. The lowest BCUT2D eigenvalue weighted by molar-refractivity contribution is -0.140. The Kier molecular flexibility index (Phi) is 6.21. The summed E-state index contributed by atoms with van der Waals surface area (Å²) in [6.45, 7) is 6.45. The molecule has 0 bridgehead atoms. The minimum absolute atomic E-state index is 0.0951. The van der Waals surface area contributed by atoms with E-state index in [4.69, 9.17) is 4.74 Å². The molecule has 0 unspecified atom stereocenters. The molecule has 1 aromatic rings. The lowest BCUT2D eigenvalue weighted by atomic mass is 10.2. The highest BCUT2D eigenvalue weighted by atomic mass is 16.5.